The second-order valence-corrected chi connectivity index (χ2v) is 19.9. The van der Waals surface area contributed by atoms with Crippen molar-refractivity contribution in [1.82, 2.24) is 0 Å². The fourth-order valence-corrected chi connectivity index (χ4v) is 8.12. The van der Waals surface area contributed by atoms with Crippen molar-refractivity contribution in [3.63, 3.8) is 0 Å². The van der Waals surface area contributed by atoms with Crippen LogP contribution < -0.4 is 0 Å². The van der Waals surface area contributed by atoms with Gasteiger partial charge in [0.1, 0.15) is 13.2 Å². The SMILES string of the molecule is CC/C=C\C/C=C\C/C=C\C/C=C\C/C=C\C/C=C\CCCCCCCCCCCCC(=O)OCC(COC(=O)CCCCCCC)OC(=O)CCCCCCCCC/C=C\C/C=C\C/C=C\C/C=C\C/C=C\CC. The zero-order valence-electron chi connectivity index (χ0n) is 48.5. The van der Waals surface area contributed by atoms with Crippen LogP contribution in [-0.4, -0.2) is 37.2 Å². The van der Waals surface area contributed by atoms with Crippen molar-refractivity contribution in [2.45, 2.75) is 271 Å². The van der Waals surface area contributed by atoms with E-state index in [2.05, 4.69) is 154 Å². The van der Waals surface area contributed by atoms with Gasteiger partial charge in [-0.1, -0.05) is 264 Å². The van der Waals surface area contributed by atoms with Gasteiger partial charge in [0.05, 0.1) is 0 Å². The Labute approximate surface area is 462 Å². The monoisotopic (exact) mass is 1040 g/mol. The Balaban J connectivity index is 4.12. The van der Waals surface area contributed by atoms with Gasteiger partial charge in [0, 0.05) is 19.3 Å². The average Bonchev–Trinajstić information content (AvgIpc) is 3.41. The summed E-state index contributed by atoms with van der Waals surface area (Å²) in [6.45, 7) is 6.31. The summed E-state index contributed by atoms with van der Waals surface area (Å²) >= 11 is 0. The highest BCUT2D eigenvalue weighted by atomic mass is 16.6. The molecule has 0 aromatic carbocycles. The van der Waals surface area contributed by atoms with Crippen LogP contribution in [0.2, 0.25) is 0 Å². The van der Waals surface area contributed by atoms with E-state index in [1.165, 1.54) is 83.5 Å². The van der Waals surface area contributed by atoms with Crippen LogP contribution in [0.4, 0.5) is 0 Å². The van der Waals surface area contributed by atoms with Crippen molar-refractivity contribution in [1.29, 1.82) is 0 Å². The predicted octanol–water partition coefficient (Wildman–Crippen LogP) is 21.0. The highest BCUT2D eigenvalue weighted by Gasteiger charge is 2.19. The van der Waals surface area contributed by atoms with Gasteiger partial charge in [-0.15, -0.1) is 0 Å². The number of esters is 3. The average molecular weight is 1040 g/mol. The molecule has 75 heavy (non-hydrogen) atoms. The number of carbonyl (C=O) groups is 3. The summed E-state index contributed by atoms with van der Waals surface area (Å²) in [5.41, 5.74) is 0. The first-order valence-corrected chi connectivity index (χ1v) is 30.7. The van der Waals surface area contributed by atoms with Crippen molar-refractivity contribution >= 4 is 17.9 Å². The third-order valence-electron chi connectivity index (χ3n) is 12.7. The van der Waals surface area contributed by atoms with Crippen LogP contribution in [0.15, 0.2) is 134 Å². The molecule has 6 heteroatoms. The van der Waals surface area contributed by atoms with E-state index in [1.54, 1.807) is 0 Å². The minimum atomic E-state index is -0.787. The largest absolute Gasteiger partial charge is 0.462 e. The summed E-state index contributed by atoms with van der Waals surface area (Å²) in [7, 11) is 0. The molecule has 0 aromatic rings. The molecule has 0 heterocycles. The smallest absolute Gasteiger partial charge is 0.306 e. The minimum Gasteiger partial charge on any atom is -0.462 e. The van der Waals surface area contributed by atoms with Gasteiger partial charge in [-0.3, -0.25) is 14.4 Å². The molecule has 0 fully saturated rings. The molecule has 0 aliphatic carbocycles. The Hall–Kier alpha value is -4.45. The summed E-state index contributed by atoms with van der Waals surface area (Å²) < 4.78 is 16.7. The highest BCUT2D eigenvalue weighted by Crippen LogP contribution is 2.15. The van der Waals surface area contributed by atoms with Gasteiger partial charge in [0.25, 0.3) is 0 Å². The summed E-state index contributed by atoms with van der Waals surface area (Å²) in [6, 6.07) is 0. The van der Waals surface area contributed by atoms with E-state index in [0.29, 0.717) is 19.3 Å². The first kappa shape index (κ1) is 70.5. The van der Waals surface area contributed by atoms with E-state index in [4.69, 9.17) is 14.2 Å². The molecule has 1 unspecified atom stereocenters. The standard InChI is InChI=1S/C69H112O6/c1-4-7-10-13-15-17-19-21-23-25-27-29-31-32-33-34-35-36-38-39-41-43-45-47-49-51-53-56-59-62-68(71)74-65-66(64-73-67(70)61-58-55-12-9-6-3)75-69(72)63-60-57-54-52-50-48-46-44-42-40-37-30-28-26-24-22-20-18-16-14-11-8-5-2/h7-8,10-11,15-18,21-24,27-30,32-33,35-36,40,42,66H,4-6,9,12-14,19-20,25-26,31,34,37-39,41,43-65H2,1-3H3/b10-7-,11-8-,17-15-,18-16-,23-21-,24-22-,29-27-,30-28-,33-32-,36-35-,42-40-. The molecule has 0 spiro atoms. The molecule has 0 aliphatic rings. The van der Waals surface area contributed by atoms with Crippen molar-refractivity contribution in [3.8, 4) is 0 Å². The molecular formula is C69H112O6. The van der Waals surface area contributed by atoms with Crippen LogP contribution in [0.25, 0.3) is 0 Å². The molecule has 6 nitrogen and oxygen atoms in total. The highest BCUT2D eigenvalue weighted by molar-refractivity contribution is 5.71. The van der Waals surface area contributed by atoms with Crippen LogP contribution in [0.3, 0.4) is 0 Å². The molecule has 0 rings (SSSR count). The number of allylic oxidation sites excluding steroid dienone is 22. The second-order valence-electron chi connectivity index (χ2n) is 19.9. The maximum absolute atomic E-state index is 12.8. The van der Waals surface area contributed by atoms with Crippen LogP contribution in [0.5, 0.6) is 0 Å². The normalized spacial score (nSPS) is 13.1. The topological polar surface area (TPSA) is 78.9 Å². The quantitative estimate of drug-likeness (QED) is 0.0261. The molecule has 0 radical (unpaired) electrons. The van der Waals surface area contributed by atoms with Gasteiger partial charge in [-0.05, 0) is 116 Å². The van der Waals surface area contributed by atoms with Gasteiger partial charge in [-0.2, -0.15) is 0 Å². The molecular weight excluding hydrogens is 925 g/mol. The minimum absolute atomic E-state index is 0.0874. The van der Waals surface area contributed by atoms with Gasteiger partial charge in [0.15, 0.2) is 6.10 Å². The van der Waals surface area contributed by atoms with Crippen molar-refractivity contribution < 1.29 is 28.6 Å². The molecule has 0 N–H and O–H groups in total. The third-order valence-corrected chi connectivity index (χ3v) is 12.7. The lowest BCUT2D eigenvalue weighted by Crippen LogP contribution is -2.30. The summed E-state index contributed by atoms with van der Waals surface area (Å²) in [5.74, 6) is -0.918. The fraction of sp³-hybridized carbons (Fsp3) is 0.638. The van der Waals surface area contributed by atoms with E-state index in [-0.39, 0.29) is 31.1 Å². The summed E-state index contributed by atoms with van der Waals surface area (Å²) in [6.07, 6.45) is 87.8. The molecule has 424 valence electrons. The molecule has 0 saturated heterocycles. The van der Waals surface area contributed by atoms with E-state index in [1.807, 2.05) is 0 Å². The lowest BCUT2D eigenvalue weighted by molar-refractivity contribution is -0.167. The number of rotatable bonds is 54. The van der Waals surface area contributed by atoms with E-state index in [0.717, 1.165) is 141 Å². The van der Waals surface area contributed by atoms with Crippen molar-refractivity contribution in [3.05, 3.63) is 134 Å². The Morgan fingerprint density at radius 3 is 0.813 bits per heavy atom. The Bertz CT molecular complexity index is 1620. The zero-order valence-corrected chi connectivity index (χ0v) is 48.5. The molecule has 1 atom stereocenters. The van der Waals surface area contributed by atoms with E-state index in [9.17, 15) is 14.4 Å². The summed E-state index contributed by atoms with van der Waals surface area (Å²) in [4.78, 5) is 37.9. The Kier molecular flexibility index (Phi) is 58.4. The predicted molar refractivity (Wildman–Crippen MR) is 325 cm³/mol. The Morgan fingerprint density at radius 1 is 0.280 bits per heavy atom. The molecule has 0 aromatic heterocycles. The lowest BCUT2D eigenvalue weighted by atomic mass is 10.1. The number of hydrogen-bond donors (Lipinski definition) is 0. The van der Waals surface area contributed by atoms with Crippen molar-refractivity contribution in [2.75, 3.05) is 13.2 Å². The molecule has 0 amide bonds. The molecule has 0 saturated carbocycles. The summed E-state index contributed by atoms with van der Waals surface area (Å²) in [5, 5.41) is 0. The maximum atomic E-state index is 12.8. The van der Waals surface area contributed by atoms with Gasteiger partial charge >= 0.3 is 17.9 Å². The third kappa shape index (κ3) is 60.3. The van der Waals surface area contributed by atoms with Crippen LogP contribution in [0, 0.1) is 0 Å². The van der Waals surface area contributed by atoms with Crippen molar-refractivity contribution in [2.24, 2.45) is 0 Å². The first-order chi connectivity index (χ1) is 37.0. The van der Waals surface area contributed by atoms with E-state index < -0.39 is 6.10 Å². The number of unbranched alkanes of at least 4 members (excludes halogenated alkanes) is 21. The second kappa shape index (κ2) is 62.1. The number of carbonyl (C=O) groups excluding carboxylic acids is 3. The van der Waals surface area contributed by atoms with Gasteiger partial charge in [0.2, 0.25) is 0 Å². The van der Waals surface area contributed by atoms with Crippen LogP contribution in [-0.2, 0) is 28.6 Å². The van der Waals surface area contributed by atoms with E-state index >= 15 is 0 Å². The van der Waals surface area contributed by atoms with Gasteiger partial charge < -0.3 is 14.2 Å². The van der Waals surface area contributed by atoms with Crippen LogP contribution in [0.1, 0.15) is 265 Å². The maximum Gasteiger partial charge on any atom is 0.306 e. The zero-order chi connectivity index (χ0) is 54.3. The lowest BCUT2D eigenvalue weighted by Gasteiger charge is -2.18. The Morgan fingerprint density at radius 2 is 0.520 bits per heavy atom. The van der Waals surface area contributed by atoms with Crippen LogP contribution >= 0.6 is 0 Å². The van der Waals surface area contributed by atoms with Gasteiger partial charge in [-0.25, -0.2) is 0 Å². The molecule has 0 bridgehead atoms. The molecule has 0 aliphatic heterocycles. The number of ether oxygens (including phenoxy) is 3. The fourth-order valence-electron chi connectivity index (χ4n) is 8.12. The first-order valence-electron chi connectivity index (χ1n) is 30.7. The number of hydrogen-bond acceptors (Lipinski definition) is 6.